The van der Waals surface area contributed by atoms with Crippen LogP contribution in [0.2, 0.25) is 0 Å². The molecule has 25 heavy (non-hydrogen) atoms. The molecule has 2 rings (SSSR count). The number of benzene rings is 1. The zero-order valence-corrected chi connectivity index (χ0v) is 16.3. The highest BCUT2D eigenvalue weighted by atomic mass is 32.2. The average Bonchev–Trinajstić information content (AvgIpc) is 2.60. The number of carbonyl (C=O) groups excluding carboxylic acids is 2. The van der Waals surface area contributed by atoms with Crippen LogP contribution in [0.25, 0.3) is 0 Å². The van der Waals surface area contributed by atoms with Gasteiger partial charge in [-0.05, 0) is 18.6 Å². The predicted octanol–water partition coefficient (Wildman–Crippen LogP) is 2.47. The van der Waals surface area contributed by atoms with E-state index in [1.165, 1.54) is 0 Å². The number of piperazine rings is 1. The molecule has 1 aromatic rings. The monoisotopic (exact) mass is 363 g/mol. The number of nitrogens with one attached hydrogen (secondary N) is 1. The highest BCUT2D eigenvalue weighted by Gasteiger charge is 2.24. The minimum Gasteiger partial charge on any atom is -0.355 e. The quantitative estimate of drug-likeness (QED) is 0.756. The zero-order valence-electron chi connectivity index (χ0n) is 15.5. The lowest BCUT2D eigenvalue weighted by Gasteiger charge is -2.34. The van der Waals surface area contributed by atoms with Crippen LogP contribution in [0.4, 0.5) is 0 Å². The molecule has 0 unspecified atom stereocenters. The van der Waals surface area contributed by atoms with Crippen molar-refractivity contribution in [3.63, 3.8) is 0 Å². The molecular weight excluding hydrogens is 334 g/mol. The Balaban J connectivity index is 1.90. The molecule has 6 heteroatoms. The van der Waals surface area contributed by atoms with E-state index in [1.54, 1.807) is 11.8 Å². The minimum absolute atomic E-state index is 0.0697. The van der Waals surface area contributed by atoms with Gasteiger partial charge in [-0.1, -0.05) is 32.9 Å². The molecule has 0 bridgehead atoms. The van der Waals surface area contributed by atoms with Gasteiger partial charge in [0, 0.05) is 42.9 Å². The summed E-state index contributed by atoms with van der Waals surface area (Å²) >= 11 is 1.72. The average molecular weight is 364 g/mol. The highest BCUT2D eigenvalue weighted by molar-refractivity contribution is 8.00. The lowest BCUT2D eigenvalue weighted by molar-refractivity contribution is -0.122. The second-order valence-corrected chi connectivity index (χ2v) is 8.20. The second-order valence-electron chi connectivity index (χ2n) is 6.58. The normalized spacial score (nSPS) is 15.4. The molecule has 1 saturated heterocycles. The molecule has 0 radical (unpaired) electrons. The van der Waals surface area contributed by atoms with Gasteiger partial charge in [0.15, 0.2) is 0 Å². The van der Waals surface area contributed by atoms with Crippen LogP contribution in [-0.2, 0) is 4.79 Å². The van der Waals surface area contributed by atoms with Gasteiger partial charge in [0.25, 0.3) is 5.91 Å². The van der Waals surface area contributed by atoms with Crippen molar-refractivity contribution in [2.45, 2.75) is 37.3 Å². The third-order valence-electron chi connectivity index (χ3n) is 4.08. The summed E-state index contributed by atoms with van der Waals surface area (Å²) in [4.78, 5) is 29.8. The van der Waals surface area contributed by atoms with Crippen LogP contribution >= 0.6 is 11.8 Å². The molecule has 0 aromatic heterocycles. The zero-order chi connectivity index (χ0) is 18.2. The molecule has 1 heterocycles. The predicted molar refractivity (Wildman–Crippen MR) is 103 cm³/mol. The van der Waals surface area contributed by atoms with Gasteiger partial charge in [0.2, 0.25) is 5.91 Å². The summed E-state index contributed by atoms with van der Waals surface area (Å²) in [6.45, 7) is 10.3. The Labute approximate surface area is 155 Å². The Morgan fingerprint density at radius 2 is 1.84 bits per heavy atom. The van der Waals surface area contributed by atoms with Crippen LogP contribution in [0.15, 0.2) is 29.2 Å². The van der Waals surface area contributed by atoms with Crippen LogP contribution in [0.3, 0.4) is 0 Å². The molecule has 1 aliphatic heterocycles. The third-order valence-corrected chi connectivity index (χ3v) is 5.16. The minimum atomic E-state index is 0.0697. The fraction of sp³-hybridized carbons (Fsp3) is 0.579. The molecule has 1 N–H and O–H groups in total. The summed E-state index contributed by atoms with van der Waals surface area (Å²) < 4.78 is 0. The van der Waals surface area contributed by atoms with Gasteiger partial charge in [0.05, 0.1) is 12.1 Å². The molecule has 138 valence electrons. The van der Waals surface area contributed by atoms with Crippen molar-refractivity contribution < 1.29 is 9.59 Å². The van der Waals surface area contributed by atoms with Gasteiger partial charge in [0.1, 0.15) is 0 Å². The Morgan fingerprint density at radius 1 is 1.16 bits per heavy atom. The van der Waals surface area contributed by atoms with Crippen LogP contribution in [-0.4, -0.2) is 66.1 Å². The van der Waals surface area contributed by atoms with Gasteiger partial charge in [-0.25, -0.2) is 0 Å². The second kappa shape index (κ2) is 9.82. The standard InChI is InChI=1S/C19H29N3O2S/c1-4-9-20-18(23)14-21-10-12-22(13-11-21)19(24)16-7-5-6-8-17(16)25-15(2)3/h5-8,15H,4,9-14H2,1-3H3,(H,20,23). The lowest BCUT2D eigenvalue weighted by Crippen LogP contribution is -2.51. The van der Waals surface area contributed by atoms with Crippen LogP contribution in [0, 0.1) is 0 Å². The Morgan fingerprint density at radius 3 is 2.48 bits per heavy atom. The topological polar surface area (TPSA) is 52.7 Å². The van der Waals surface area contributed by atoms with Crippen molar-refractivity contribution in [2.24, 2.45) is 0 Å². The number of thioether (sulfide) groups is 1. The van der Waals surface area contributed by atoms with Crippen LogP contribution < -0.4 is 5.32 Å². The van der Waals surface area contributed by atoms with E-state index in [9.17, 15) is 9.59 Å². The maximum Gasteiger partial charge on any atom is 0.255 e. The SMILES string of the molecule is CCCNC(=O)CN1CCN(C(=O)c2ccccc2SC(C)C)CC1. The van der Waals surface area contributed by atoms with Gasteiger partial charge >= 0.3 is 0 Å². The smallest absolute Gasteiger partial charge is 0.255 e. The maximum atomic E-state index is 12.9. The summed E-state index contributed by atoms with van der Waals surface area (Å²) in [5.74, 6) is 0.166. The molecule has 1 fully saturated rings. The number of carbonyl (C=O) groups is 2. The summed E-state index contributed by atoms with van der Waals surface area (Å²) in [7, 11) is 0. The highest BCUT2D eigenvalue weighted by Crippen LogP contribution is 2.27. The summed E-state index contributed by atoms with van der Waals surface area (Å²) in [6.07, 6.45) is 0.946. The Hall–Kier alpha value is -1.53. The van der Waals surface area contributed by atoms with E-state index in [-0.39, 0.29) is 11.8 Å². The van der Waals surface area contributed by atoms with Gasteiger partial charge < -0.3 is 10.2 Å². The summed E-state index contributed by atoms with van der Waals surface area (Å²) in [6, 6.07) is 7.84. The van der Waals surface area contributed by atoms with Gasteiger partial charge in [-0.3, -0.25) is 14.5 Å². The number of hydrogen-bond acceptors (Lipinski definition) is 4. The first-order chi connectivity index (χ1) is 12.0. The number of nitrogens with zero attached hydrogens (tertiary/aromatic N) is 2. The van der Waals surface area contributed by atoms with Crippen molar-refractivity contribution in [3.05, 3.63) is 29.8 Å². The van der Waals surface area contributed by atoms with E-state index >= 15 is 0 Å². The van der Waals surface area contributed by atoms with Gasteiger partial charge in [-0.15, -0.1) is 11.8 Å². The first-order valence-electron chi connectivity index (χ1n) is 9.05. The van der Waals surface area contributed by atoms with E-state index in [4.69, 9.17) is 0 Å². The molecular formula is C19H29N3O2S. The largest absolute Gasteiger partial charge is 0.355 e. The van der Waals surface area contributed by atoms with Crippen LogP contribution in [0.5, 0.6) is 0 Å². The van der Waals surface area contributed by atoms with Gasteiger partial charge in [-0.2, -0.15) is 0 Å². The van der Waals surface area contributed by atoms with Crippen molar-refractivity contribution >= 4 is 23.6 Å². The number of rotatable bonds is 7. The summed E-state index contributed by atoms with van der Waals surface area (Å²) in [5, 5.41) is 3.34. The van der Waals surface area contributed by atoms with Crippen molar-refractivity contribution in [2.75, 3.05) is 39.3 Å². The molecule has 0 atom stereocenters. The maximum absolute atomic E-state index is 12.9. The summed E-state index contributed by atoms with van der Waals surface area (Å²) in [5.41, 5.74) is 0.787. The van der Waals surface area contributed by atoms with Crippen LogP contribution in [0.1, 0.15) is 37.6 Å². The molecule has 0 saturated carbocycles. The van der Waals surface area contributed by atoms with E-state index in [0.29, 0.717) is 24.9 Å². The first kappa shape index (κ1) is 19.8. The van der Waals surface area contributed by atoms with E-state index in [0.717, 1.165) is 36.5 Å². The van der Waals surface area contributed by atoms with E-state index in [2.05, 4.69) is 24.1 Å². The third kappa shape index (κ3) is 6.04. The molecule has 5 nitrogen and oxygen atoms in total. The van der Waals surface area contributed by atoms with Crippen molar-refractivity contribution in [1.82, 2.24) is 15.1 Å². The number of amides is 2. The molecule has 0 spiro atoms. The molecule has 2 amide bonds. The van der Waals surface area contributed by atoms with Crippen molar-refractivity contribution in [1.29, 1.82) is 0 Å². The first-order valence-corrected chi connectivity index (χ1v) is 9.93. The van der Waals surface area contributed by atoms with E-state index < -0.39 is 0 Å². The number of hydrogen-bond donors (Lipinski definition) is 1. The lowest BCUT2D eigenvalue weighted by atomic mass is 10.2. The molecule has 1 aliphatic rings. The molecule has 0 aliphatic carbocycles. The molecule has 1 aromatic carbocycles. The Kier molecular flexibility index (Phi) is 7.78. The fourth-order valence-electron chi connectivity index (χ4n) is 2.80. The Bertz CT molecular complexity index is 584. The fourth-order valence-corrected chi connectivity index (χ4v) is 3.75. The van der Waals surface area contributed by atoms with E-state index in [1.807, 2.05) is 36.1 Å². The van der Waals surface area contributed by atoms with Crippen molar-refractivity contribution in [3.8, 4) is 0 Å².